The minimum Gasteiger partial charge on any atom is -0.322 e. The molecule has 0 saturated carbocycles. The van der Waals surface area contributed by atoms with Gasteiger partial charge in [0.2, 0.25) is 0 Å². The zero-order valence-electron chi connectivity index (χ0n) is 25.0. The predicted molar refractivity (Wildman–Crippen MR) is 142 cm³/mol. The number of nitrogens with zero attached hydrogens (tertiary/aromatic N) is 5. The predicted octanol–water partition coefficient (Wildman–Crippen LogP) is 4.46. The lowest BCUT2D eigenvalue weighted by Gasteiger charge is -2.33. The zero-order chi connectivity index (χ0) is 30.9. The molecule has 1 saturated heterocycles. The van der Waals surface area contributed by atoms with Gasteiger partial charge < -0.3 is 10.2 Å². The van der Waals surface area contributed by atoms with Gasteiger partial charge in [0, 0.05) is 59.8 Å². The van der Waals surface area contributed by atoms with Crippen molar-refractivity contribution in [1.82, 2.24) is 24.4 Å². The van der Waals surface area contributed by atoms with E-state index in [9.17, 15) is 18.0 Å². The second kappa shape index (κ2) is 10.9. The molecule has 3 heterocycles. The van der Waals surface area contributed by atoms with Crippen molar-refractivity contribution in [3.8, 4) is 11.8 Å². The van der Waals surface area contributed by atoms with E-state index in [0.717, 1.165) is 19.2 Å². The molecule has 39 heavy (non-hydrogen) atoms. The van der Waals surface area contributed by atoms with Crippen molar-refractivity contribution in [3.05, 3.63) is 94.4 Å². The van der Waals surface area contributed by atoms with Crippen LogP contribution in [0.15, 0.2) is 60.9 Å². The van der Waals surface area contributed by atoms with E-state index in [1.807, 2.05) is 11.9 Å². The first-order valence-electron chi connectivity index (χ1n) is 14.2. The highest BCUT2D eigenvalue weighted by molar-refractivity contribution is 6.04. The summed E-state index contributed by atoms with van der Waals surface area (Å²) in [5.74, 6) is 4.72. The molecule has 1 amide bonds. The Hall–Kier alpha value is -4.20. The van der Waals surface area contributed by atoms with E-state index < -0.39 is 24.5 Å². The maximum Gasteiger partial charge on any atom is 0.416 e. The highest BCUT2D eigenvalue weighted by Crippen LogP contribution is 2.34. The first-order chi connectivity index (χ1) is 20.3. The van der Waals surface area contributed by atoms with Gasteiger partial charge in [-0.2, -0.15) is 18.3 Å². The first-order valence-corrected chi connectivity index (χ1v) is 12.2. The van der Waals surface area contributed by atoms with E-state index in [-0.39, 0.29) is 46.4 Å². The number of rotatable bonds is 4. The summed E-state index contributed by atoms with van der Waals surface area (Å²) in [6.07, 6.45) is -3.30. The van der Waals surface area contributed by atoms with Crippen LogP contribution in [0.4, 0.5) is 18.9 Å². The van der Waals surface area contributed by atoms with Gasteiger partial charge in [0.05, 0.1) is 13.1 Å². The van der Waals surface area contributed by atoms with Gasteiger partial charge in [-0.25, -0.2) is 9.50 Å². The monoisotopic (exact) mass is 536 g/mol. The lowest BCUT2D eigenvalue weighted by Crippen LogP contribution is -2.44. The van der Waals surface area contributed by atoms with Gasteiger partial charge in [-0.3, -0.25) is 9.69 Å². The number of benzene rings is 2. The number of nitrogens with one attached hydrogen (secondary N) is 1. The first kappa shape index (κ1) is 21.7. The van der Waals surface area contributed by atoms with Crippen LogP contribution in [0.25, 0.3) is 5.65 Å². The van der Waals surface area contributed by atoms with Gasteiger partial charge in [-0.05, 0) is 67.3 Å². The van der Waals surface area contributed by atoms with E-state index in [1.54, 1.807) is 12.1 Å². The molecule has 1 N–H and O–H groups in total. The summed E-state index contributed by atoms with van der Waals surface area (Å²) in [5, 5.41) is 6.61. The van der Waals surface area contributed by atoms with E-state index in [0.29, 0.717) is 18.7 Å². The molecule has 1 fully saturated rings. The van der Waals surface area contributed by atoms with Crippen LogP contribution in [0, 0.1) is 18.7 Å². The summed E-state index contributed by atoms with van der Waals surface area (Å²) >= 11 is 0. The Morgan fingerprint density at radius 3 is 2.72 bits per heavy atom. The SMILES string of the molecule is [2H]c1nc2cccnn2c1C#Cc1cc(C(=O)Nc2ccc(CN3CCN(C)CC3)c(C(F)(F)F)c2)ccc1C([2H])([2H])[2H]. The number of carbonyl (C=O) groups excluding carboxylic acids is 1. The van der Waals surface area contributed by atoms with Gasteiger partial charge in [0.1, 0.15) is 5.69 Å². The number of hydrogen-bond acceptors (Lipinski definition) is 5. The van der Waals surface area contributed by atoms with Crippen molar-refractivity contribution in [2.24, 2.45) is 0 Å². The number of amides is 1. The Morgan fingerprint density at radius 1 is 1.13 bits per heavy atom. The van der Waals surface area contributed by atoms with Gasteiger partial charge in [0.25, 0.3) is 5.91 Å². The number of aryl methyl sites for hydroxylation is 1. The number of halogens is 3. The summed E-state index contributed by atoms with van der Waals surface area (Å²) in [4.78, 5) is 21.3. The third-order valence-corrected chi connectivity index (χ3v) is 6.48. The lowest BCUT2D eigenvalue weighted by atomic mass is 10.0. The maximum absolute atomic E-state index is 14.0. The molecule has 2 aromatic carbocycles. The Kier molecular flexibility index (Phi) is 6.06. The molecule has 0 radical (unpaired) electrons. The molecule has 5 rings (SSSR count). The van der Waals surface area contributed by atoms with Gasteiger partial charge in [-0.1, -0.05) is 18.1 Å². The average molecular weight is 537 g/mol. The molecule has 7 nitrogen and oxygen atoms in total. The number of imidazole rings is 1. The van der Waals surface area contributed by atoms with Crippen molar-refractivity contribution >= 4 is 17.2 Å². The molecular weight excluding hydrogens is 505 g/mol. The average Bonchev–Trinajstić information content (AvgIpc) is 3.27. The molecule has 4 aromatic rings. The molecule has 0 aliphatic carbocycles. The maximum atomic E-state index is 14.0. The molecule has 1 aliphatic heterocycles. The second-order valence-corrected chi connectivity index (χ2v) is 9.28. The summed E-state index contributed by atoms with van der Waals surface area (Å²) in [7, 11) is 1.97. The molecule has 0 atom stereocenters. The lowest BCUT2D eigenvalue weighted by molar-refractivity contribution is -0.138. The number of hydrogen-bond donors (Lipinski definition) is 1. The third-order valence-electron chi connectivity index (χ3n) is 6.48. The van der Waals surface area contributed by atoms with Crippen molar-refractivity contribution in [1.29, 1.82) is 0 Å². The topological polar surface area (TPSA) is 65.8 Å². The number of likely N-dealkylation sites (N-methyl/N-ethyl adjacent to an activating group) is 1. The van der Waals surface area contributed by atoms with E-state index in [2.05, 4.69) is 32.1 Å². The zero-order valence-corrected chi connectivity index (χ0v) is 21.0. The molecule has 0 unspecified atom stereocenters. The summed E-state index contributed by atoms with van der Waals surface area (Å²) < 4.78 is 75.1. The number of fused-ring (bicyclic) bond motifs is 1. The quantitative estimate of drug-likeness (QED) is 0.391. The number of piperazine rings is 1. The molecule has 0 bridgehead atoms. The minimum absolute atomic E-state index is 0.00330. The normalized spacial score (nSPS) is 16.5. The summed E-state index contributed by atoms with van der Waals surface area (Å²) in [6, 6.07) is 10.8. The van der Waals surface area contributed by atoms with E-state index in [1.165, 1.54) is 41.0 Å². The van der Waals surface area contributed by atoms with Crippen molar-refractivity contribution in [2.75, 3.05) is 38.5 Å². The highest BCUT2D eigenvalue weighted by Gasteiger charge is 2.34. The summed E-state index contributed by atoms with van der Waals surface area (Å²) in [5.41, 5.74) is -0.398. The Balaban J connectivity index is 1.43. The third kappa shape index (κ3) is 6.11. The Labute approximate surface area is 229 Å². The van der Waals surface area contributed by atoms with Gasteiger partial charge in [0.15, 0.2) is 5.65 Å². The molecule has 200 valence electrons. The minimum atomic E-state index is -4.63. The fourth-order valence-corrected chi connectivity index (χ4v) is 4.28. The van der Waals surface area contributed by atoms with Crippen LogP contribution in [-0.2, 0) is 12.7 Å². The van der Waals surface area contributed by atoms with Crippen LogP contribution >= 0.6 is 0 Å². The Morgan fingerprint density at radius 2 is 1.95 bits per heavy atom. The van der Waals surface area contributed by atoms with Crippen LogP contribution in [0.3, 0.4) is 0 Å². The molecule has 1 aliphatic rings. The van der Waals surface area contributed by atoms with Crippen molar-refractivity contribution in [2.45, 2.75) is 19.6 Å². The standard InChI is InChI=1S/C29H27F3N6O/c1-20-5-6-22(16-21(20)8-10-25-18-33-27-4-3-11-34-38(25)27)28(39)35-24-9-7-23(26(17-24)29(30,31)32)19-37-14-12-36(2)13-15-37/h3-7,9,11,16-18H,12-15,19H2,1-2H3,(H,35,39)/i1D3,18D. The molecule has 2 aromatic heterocycles. The fourth-order valence-electron chi connectivity index (χ4n) is 4.28. The van der Waals surface area contributed by atoms with E-state index >= 15 is 0 Å². The largest absolute Gasteiger partial charge is 0.416 e. The smallest absolute Gasteiger partial charge is 0.322 e. The second-order valence-electron chi connectivity index (χ2n) is 9.28. The molecule has 10 heteroatoms. The number of aromatic nitrogens is 3. The number of carbonyl (C=O) groups is 1. The Bertz CT molecular complexity index is 1730. The van der Waals surface area contributed by atoms with Crippen molar-refractivity contribution in [3.63, 3.8) is 0 Å². The molecule has 0 spiro atoms. The van der Waals surface area contributed by atoms with Crippen LogP contribution < -0.4 is 5.32 Å². The van der Waals surface area contributed by atoms with E-state index in [4.69, 9.17) is 5.48 Å². The highest BCUT2D eigenvalue weighted by atomic mass is 19.4. The number of alkyl halides is 3. The summed E-state index contributed by atoms with van der Waals surface area (Å²) in [6.45, 7) is 0.409. The number of anilines is 1. The van der Waals surface area contributed by atoms with Gasteiger partial charge in [-0.15, -0.1) is 0 Å². The van der Waals surface area contributed by atoms with Crippen LogP contribution in [0.5, 0.6) is 0 Å². The molecular formula is C29H27F3N6O. The fraction of sp³-hybridized carbons (Fsp3) is 0.276. The van der Waals surface area contributed by atoms with Crippen LogP contribution in [-0.4, -0.2) is 63.5 Å². The van der Waals surface area contributed by atoms with Gasteiger partial charge >= 0.3 is 6.18 Å². The van der Waals surface area contributed by atoms with Crippen molar-refractivity contribution < 1.29 is 23.4 Å². The van der Waals surface area contributed by atoms with Crippen LogP contribution in [0.2, 0.25) is 0 Å². The van der Waals surface area contributed by atoms with Crippen LogP contribution in [0.1, 0.15) is 43.8 Å².